The van der Waals surface area contributed by atoms with Crippen molar-refractivity contribution < 1.29 is 23.4 Å². The monoisotopic (exact) mass is 405 g/mol. The molecule has 0 radical (unpaired) electrons. The van der Waals surface area contributed by atoms with E-state index in [2.05, 4.69) is 5.32 Å². The summed E-state index contributed by atoms with van der Waals surface area (Å²) in [5.74, 6) is 0.0895. The fourth-order valence-electron chi connectivity index (χ4n) is 2.80. The molecule has 0 saturated heterocycles. The third-order valence-electron chi connectivity index (χ3n) is 3.99. The highest BCUT2D eigenvalue weighted by molar-refractivity contribution is 7.91. The second kappa shape index (κ2) is 7.99. The van der Waals surface area contributed by atoms with Gasteiger partial charge in [0.1, 0.15) is 17.2 Å². The highest BCUT2D eigenvalue weighted by Gasteiger charge is 2.30. The van der Waals surface area contributed by atoms with Crippen LogP contribution in [0.3, 0.4) is 0 Å². The molecular weight excluding hydrogens is 382 g/mol. The van der Waals surface area contributed by atoms with Crippen LogP contribution in [0.15, 0.2) is 54.5 Å². The summed E-state index contributed by atoms with van der Waals surface area (Å²) in [6.45, 7) is 4.94. The first kappa shape index (κ1) is 19.8. The molecule has 2 aromatic carbocycles. The van der Waals surface area contributed by atoms with Crippen LogP contribution in [0.5, 0.6) is 11.5 Å². The number of hydrogen-bond acceptors (Lipinski definition) is 6. The van der Waals surface area contributed by atoms with Gasteiger partial charge in [-0.15, -0.1) is 0 Å². The van der Waals surface area contributed by atoms with Crippen molar-refractivity contribution in [2.45, 2.75) is 33.0 Å². The first-order chi connectivity index (χ1) is 13.3. The van der Waals surface area contributed by atoms with Gasteiger partial charge in [0.15, 0.2) is 0 Å². The van der Waals surface area contributed by atoms with E-state index in [1.54, 1.807) is 12.1 Å². The fraction of sp³-hybridized carbons (Fsp3) is 0.263. The van der Waals surface area contributed by atoms with Crippen molar-refractivity contribution in [1.29, 1.82) is 0 Å². The van der Waals surface area contributed by atoms with Crippen LogP contribution in [-0.2, 0) is 23.3 Å². The van der Waals surface area contributed by atoms with Crippen molar-refractivity contribution in [3.05, 3.63) is 65.7 Å². The molecular formula is C19H23N3O5S. The molecule has 0 unspecified atom stereocenters. The molecule has 0 spiro atoms. The summed E-state index contributed by atoms with van der Waals surface area (Å²) in [4.78, 5) is 0. The zero-order valence-corrected chi connectivity index (χ0v) is 16.4. The number of aliphatic hydroxyl groups is 1. The molecule has 0 atom stereocenters. The molecule has 1 heterocycles. The number of aromatic hydroxyl groups is 1. The van der Waals surface area contributed by atoms with Gasteiger partial charge in [0.25, 0.3) is 0 Å². The van der Waals surface area contributed by atoms with Gasteiger partial charge in [-0.2, -0.15) is 8.42 Å². The van der Waals surface area contributed by atoms with Crippen LogP contribution in [0, 0.1) is 0 Å². The van der Waals surface area contributed by atoms with Crippen LogP contribution in [0.2, 0.25) is 0 Å². The van der Waals surface area contributed by atoms with Gasteiger partial charge in [-0.3, -0.25) is 0 Å². The van der Waals surface area contributed by atoms with Gasteiger partial charge in [-0.05, 0) is 37.6 Å². The van der Waals surface area contributed by atoms with E-state index in [1.165, 1.54) is 6.07 Å². The van der Waals surface area contributed by atoms with Gasteiger partial charge in [0, 0.05) is 18.7 Å². The first-order valence-electron chi connectivity index (χ1n) is 8.76. The third-order valence-corrected chi connectivity index (χ3v) is 5.28. The summed E-state index contributed by atoms with van der Waals surface area (Å²) < 4.78 is 32.6. The van der Waals surface area contributed by atoms with Crippen molar-refractivity contribution in [2.24, 2.45) is 0 Å². The zero-order valence-electron chi connectivity index (χ0n) is 15.6. The van der Waals surface area contributed by atoms with Crippen molar-refractivity contribution in [3.8, 4) is 11.5 Å². The molecule has 1 aliphatic rings. The Balaban J connectivity index is 1.72. The molecule has 3 rings (SSSR count). The quantitative estimate of drug-likeness (QED) is 0.563. The SMILES string of the molecule is CC(C)Oc1ccccc1CNCc1ccc(O)c(N2C=C(O)NS2(=O)=O)c1. The van der Waals surface area contributed by atoms with Crippen LogP contribution in [-0.4, -0.2) is 24.7 Å². The standard InChI is InChI=1S/C19H23N3O5S/c1-13(2)27-18-6-4-3-5-15(18)11-20-10-14-7-8-17(23)16(9-14)22-12-19(24)21-28(22,25)26/h3-9,12-13,20-21,23-24H,10-11H2,1-2H3. The number of ether oxygens (including phenoxy) is 1. The van der Waals surface area contributed by atoms with E-state index in [9.17, 15) is 18.6 Å². The summed E-state index contributed by atoms with van der Waals surface area (Å²) in [5.41, 5.74) is 1.83. The number of anilines is 1. The molecule has 0 amide bonds. The lowest BCUT2D eigenvalue weighted by atomic mass is 10.1. The van der Waals surface area contributed by atoms with Crippen LogP contribution >= 0.6 is 0 Å². The average Bonchev–Trinajstić information content (AvgIpc) is 2.89. The Kier molecular flexibility index (Phi) is 5.66. The topological polar surface area (TPSA) is 111 Å². The smallest absolute Gasteiger partial charge is 0.330 e. The summed E-state index contributed by atoms with van der Waals surface area (Å²) >= 11 is 0. The largest absolute Gasteiger partial charge is 0.506 e. The van der Waals surface area contributed by atoms with Gasteiger partial charge in [0.2, 0.25) is 5.88 Å². The van der Waals surface area contributed by atoms with E-state index >= 15 is 0 Å². The van der Waals surface area contributed by atoms with Crippen LogP contribution in [0.1, 0.15) is 25.0 Å². The van der Waals surface area contributed by atoms with Crippen LogP contribution < -0.4 is 19.1 Å². The maximum atomic E-state index is 12.0. The lowest BCUT2D eigenvalue weighted by Crippen LogP contribution is -2.29. The van der Waals surface area contributed by atoms with E-state index in [-0.39, 0.29) is 17.5 Å². The van der Waals surface area contributed by atoms with E-state index in [4.69, 9.17) is 4.74 Å². The number of phenols is 1. The highest BCUT2D eigenvalue weighted by atomic mass is 32.2. The number of benzene rings is 2. The Bertz CT molecular complexity index is 989. The molecule has 4 N–H and O–H groups in total. The molecule has 8 nitrogen and oxygen atoms in total. The number of rotatable bonds is 7. The van der Waals surface area contributed by atoms with Crippen molar-refractivity contribution in [1.82, 2.24) is 10.0 Å². The Morgan fingerprint density at radius 3 is 2.57 bits per heavy atom. The lowest BCUT2D eigenvalue weighted by molar-refractivity contribution is 0.239. The normalized spacial score (nSPS) is 15.4. The molecule has 0 saturated carbocycles. The zero-order chi connectivity index (χ0) is 20.3. The molecule has 0 aliphatic carbocycles. The fourth-order valence-corrected chi connectivity index (χ4v) is 3.86. The van der Waals surface area contributed by atoms with Gasteiger partial charge >= 0.3 is 10.2 Å². The van der Waals surface area contributed by atoms with Gasteiger partial charge in [0.05, 0.1) is 12.3 Å². The minimum absolute atomic E-state index is 0.0550. The second-order valence-electron chi connectivity index (χ2n) is 6.62. The summed E-state index contributed by atoms with van der Waals surface area (Å²) in [6, 6.07) is 12.4. The molecule has 1 aliphatic heterocycles. The van der Waals surface area contributed by atoms with E-state index in [1.807, 2.05) is 42.8 Å². The van der Waals surface area contributed by atoms with Crippen molar-refractivity contribution >= 4 is 15.9 Å². The maximum Gasteiger partial charge on any atom is 0.330 e. The maximum absolute atomic E-state index is 12.0. The average molecular weight is 405 g/mol. The number of para-hydroxylation sites is 1. The minimum atomic E-state index is -3.97. The van der Waals surface area contributed by atoms with E-state index < -0.39 is 16.1 Å². The van der Waals surface area contributed by atoms with Crippen molar-refractivity contribution in [3.63, 3.8) is 0 Å². The number of phenolic OH excluding ortho intramolecular Hbond substituents is 1. The molecule has 0 bridgehead atoms. The highest BCUT2D eigenvalue weighted by Crippen LogP contribution is 2.32. The third kappa shape index (κ3) is 4.49. The summed E-state index contributed by atoms with van der Waals surface area (Å²) in [6.07, 6.45) is 1.07. The summed E-state index contributed by atoms with van der Waals surface area (Å²) in [7, 11) is -3.97. The van der Waals surface area contributed by atoms with Gasteiger partial charge < -0.3 is 20.3 Å². The number of nitrogens with one attached hydrogen (secondary N) is 2. The number of nitrogens with zero attached hydrogens (tertiary/aromatic N) is 1. The van der Waals surface area contributed by atoms with Crippen LogP contribution in [0.25, 0.3) is 0 Å². The Morgan fingerprint density at radius 2 is 1.89 bits per heavy atom. The Morgan fingerprint density at radius 1 is 1.14 bits per heavy atom. The number of aliphatic hydroxyl groups excluding tert-OH is 1. The van der Waals surface area contributed by atoms with Crippen molar-refractivity contribution in [2.75, 3.05) is 4.31 Å². The van der Waals surface area contributed by atoms with Gasteiger partial charge in [-0.1, -0.05) is 24.3 Å². The Hall–Kier alpha value is -2.91. The molecule has 28 heavy (non-hydrogen) atoms. The molecule has 0 fully saturated rings. The minimum Gasteiger partial charge on any atom is -0.506 e. The predicted molar refractivity (Wildman–Crippen MR) is 106 cm³/mol. The second-order valence-corrected chi connectivity index (χ2v) is 8.17. The van der Waals surface area contributed by atoms with Gasteiger partial charge in [-0.25, -0.2) is 9.03 Å². The molecule has 2 aromatic rings. The Labute approximate surface area is 164 Å². The molecule has 150 valence electrons. The van der Waals surface area contributed by atoms with E-state index in [0.29, 0.717) is 13.1 Å². The molecule has 0 aromatic heterocycles. The van der Waals surface area contributed by atoms with E-state index in [0.717, 1.165) is 27.4 Å². The number of hydrogen-bond donors (Lipinski definition) is 4. The van der Waals surface area contributed by atoms with Crippen LogP contribution in [0.4, 0.5) is 5.69 Å². The molecule has 9 heteroatoms. The predicted octanol–water partition coefficient (Wildman–Crippen LogP) is 2.48. The summed E-state index contributed by atoms with van der Waals surface area (Å²) in [5, 5.41) is 22.8. The first-order valence-corrected chi connectivity index (χ1v) is 10.2. The lowest BCUT2D eigenvalue weighted by Gasteiger charge is -2.17.